The number of carbonyl (C=O) groups is 1. The van der Waals surface area contributed by atoms with E-state index < -0.39 is 18.6 Å². The van der Waals surface area contributed by atoms with Crippen LogP contribution in [0.25, 0.3) is 0 Å². The summed E-state index contributed by atoms with van der Waals surface area (Å²) in [5.41, 5.74) is 5.07. The summed E-state index contributed by atoms with van der Waals surface area (Å²) in [6, 6.07) is 1.18. The Morgan fingerprint density at radius 1 is 1.50 bits per heavy atom. The minimum atomic E-state index is -4.24. The number of nitrogens with zero attached hydrogens (tertiary/aromatic N) is 1. The number of nitrogens with two attached hydrogens (primary N) is 1. The molecule has 0 aliphatic heterocycles. The van der Waals surface area contributed by atoms with Crippen molar-refractivity contribution in [2.75, 3.05) is 12.3 Å². The van der Waals surface area contributed by atoms with Crippen LogP contribution < -0.4 is 10.5 Å². The van der Waals surface area contributed by atoms with E-state index in [0.29, 0.717) is 0 Å². The van der Waals surface area contributed by atoms with Crippen molar-refractivity contribution in [3.05, 3.63) is 17.8 Å². The van der Waals surface area contributed by atoms with Gasteiger partial charge in [0.1, 0.15) is 5.69 Å². The van der Waals surface area contributed by atoms with Gasteiger partial charge in [0.05, 0.1) is 12.2 Å². The number of ether oxygens (including phenoxy) is 1. The SMILES string of the molecule is Nc1c(C(=O)O)ccnc1OCCCC(F)(F)F. The summed E-state index contributed by atoms with van der Waals surface area (Å²) in [6.07, 6.45) is -4.31. The molecule has 0 unspecified atom stereocenters. The van der Waals surface area contributed by atoms with Crippen LogP contribution in [0.3, 0.4) is 0 Å². The fraction of sp³-hybridized carbons (Fsp3) is 0.400. The van der Waals surface area contributed by atoms with Gasteiger partial charge in [0.25, 0.3) is 0 Å². The summed E-state index contributed by atoms with van der Waals surface area (Å²) < 4.78 is 40.5. The van der Waals surface area contributed by atoms with E-state index in [1.54, 1.807) is 0 Å². The molecule has 0 spiro atoms. The highest BCUT2D eigenvalue weighted by molar-refractivity contribution is 5.94. The topological polar surface area (TPSA) is 85.4 Å². The zero-order valence-electron chi connectivity index (χ0n) is 9.20. The van der Waals surface area contributed by atoms with Crippen LogP contribution >= 0.6 is 0 Å². The number of aromatic nitrogens is 1. The van der Waals surface area contributed by atoms with Crippen molar-refractivity contribution in [1.82, 2.24) is 4.98 Å². The summed E-state index contributed by atoms with van der Waals surface area (Å²) in [4.78, 5) is 14.4. The Kier molecular flexibility index (Phi) is 4.35. The van der Waals surface area contributed by atoms with Crippen LogP contribution in [0, 0.1) is 0 Å². The summed E-state index contributed by atoms with van der Waals surface area (Å²) >= 11 is 0. The van der Waals surface area contributed by atoms with Gasteiger partial charge in [-0.15, -0.1) is 0 Å². The fourth-order valence-electron chi connectivity index (χ4n) is 1.20. The first kappa shape index (κ1) is 14.1. The molecule has 1 heterocycles. The van der Waals surface area contributed by atoms with E-state index in [-0.39, 0.29) is 30.2 Å². The third-order valence-corrected chi connectivity index (χ3v) is 2.03. The number of rotatable bonds is 5. The molecule has 0 aliphatic rings. The Hall–Kier alpha value is -1.99. The lowest BCUT2D eigenvalue weighted by Crippen LogP contribution is -2.11. The molecule has 0 aliphatic carbocycles. The van der Waals surface area contributed by atoms with Gasteiger partial charge in [-0.2, -0.15) is 13.2 Å². The second kappa shape index (κ2) is 5.56. The second-order valence-corrected chi connectivity index (χ2v) is 3.45. The van der Waals surface area contributed by atoms with Crippen molar-refractivity contribution in [1.29, 1.82) is 0 Å². The lowest BCUT2D eigenvalue weighted by molar-refractivity contribution is -0.136. The Balaban J connectivity index is 2.58. The quantitative estimate of drug-likeness (QED) is 0.795. The lowest BCUT2D eigenvalue weighted by atomic mass is 10.2. The van der Waals surface area contributed by atoms with Crippen molar-refractivity contribution < 1.29 is 27.8 Å². The first-order valence-electron chi connectivity index (χ1n) is 4.98. The molecule has 0 bridgehead atoms. The zero-order valence-corrected chi connectivity index (χ0v) is 9.20. The van der Waals surface area contributed by atoms with Crippen molar-refractivity contribution in [3.63, 3.8) is 0 Å². The Labute approximate surface area is 100 Å². The van der Waals surface area contributed by atoms with Gasteiger partial charge in [-0.05, 0) is 12.5 Å². The Morgan fingerprint density at radius 3 is 2.72 bits per heavy atom. The maximum absolute atomic E-state index is 11.9. The van der Waals surface area contributed by atoms with Gasteiger partial charge < -0.3 is 15.6 Å². The summed E-state index contributed by atoms with van der Waals surface area (Å²) in [7, 11) is 0. The van der Waals surface area contributed by atoms with E-state index in [9.17, 15) is 18.0 Å². The number of aromatic carboxylic acids is 1. The maximum Gasteiger partial charge on any atom is 0.389 e. The zero-order chi connectivity index (χ0) is 13.8. The van der Waals surface area contributed by atoms with Crippen molar-refractivity contribution in [2.45, 2.75) is 19.0 Å². The molecule has 8 heteroatoms. The predicted octanol–water partition coefficient (Wildman–Crippen LogP) is 2.08. The van der Waals surface area contributed by atoms with Crippen LogP contribution in [0.1, 0.15) is 23.2 Å². The molecule has 0 saturated heterocycles. The average Bonchev–Trinajstić information content (AvgIpc) is 2.24. The third-order valence-electron chi connectivity index (χ3n) is 2.03. The highest BCUT2D eigenvalue weighted by atomic mass is 19.4. The minimum absolute atomic E-state index is 0.169. The van der Waals surface area contributed by atoms with Gasteiger partial charge >= 0.3 is 12.1 Å². The van der Waals surface area contributed by atoms with Crippen LogP contribution in [0.5, 0.6) is 5.88 Å². The molecule has 3 N–H and O–H groups in total. The molecular weight excluding hydrogens is 253 g/mol. The molecule has 100 valence electrons. The number of halogens is 3. The first-order chi connectivity index (χ1) is 8.31. The Morgan fingerprint density at radius 2 is 2.17 bits per heavy atom. The highest BCUT2D eigenvalue weighted by Gasteiger charge is 2.26. The largest absolute Gasteiger partial charge is 0.478 e. The third kappa shape index (κ3) is 4.11. The summed E-state index contributed by atoms with van der Waals surface area (Å²) in [6.45, 7) is -0.236. The molecule has 0 aromatic carbocycles. The molecule has 1 aromatic heterocycles. The monoisotopic (exact) mass is 264 g/mol. The molecule has 5 nitrogen and oxygen atoms in total. The van der Waals surface area contributed by atoms with Crippen LogP contribution in [0.2, 0.25) is 0 Å². The van der Waals surface area contributed by atoms with Gasteiger partial charge in [-0.1, -0.05) is 0 Å². The first-order valence-corrected chi connectivity index (χ1v) is 4.98. The van der Waals surface area contributed by atoms with Crippen molar-refractivity contribution in [2.24, 2.45) is 0 Å². The van der Waals surface area contributed by atoms with Crippen LogP contribution in [-0.4, -0.2) is 28.8 Å². The van der Waals surface area contributed by atoms with E-state index in [1.807, 2.05) is 0 Å². The number of anilines is 1. The number of alkyl halides is 3. The fourth-order valence-corrected chi connectivity index (χ4v) is 1.20. The van der Waals surface area contributed by atoms with Crippen LogP contribution in [0.15, 0.2) is 12.3 Å². The molecule has 0 fully saturated rings. The molecule has 1 aromatic rings. The van der Waals surface area contributed by atoms with Crippen molar-refractivity contribution >= 4 is 11.7 Å². The molecule has 0 amide bonds. The van der Waals surface area contributed by atoms with E-state index >= 15 is 0 Å². The van der Waals surface area contributed by atoms with E-state index in [0.717, 1.165) is 0 Å². The molecular formula is C10H11F3N2O3. The summed E-state index contributed by atoms with van der Waals surface area (Å²) in [5, 5.41) is 8.76. The smallest absolute Gasteiger partial charge is 0.389 e. The molecule has 18 heavy (non-hydrogen) atoms. The normalized spacial score (nSPS) is 11.3. The van der Waals surface area contributed by atoms with Crippen molar-refractivity contribution in [3.8, 4) is 5.88 Å². The number of hydrogen-bond acceptors (Lipinski definition) is 4. The number of nitrogen functional groups attached to an aromatic ring is 1. The van der Waals surface area contributed by atoms with Gasteiger partial charge in [-0.3, -0.25) is 0 Å². The molecule has 1 rings (SSSR count). The summed E-state index contributed by atoms with van der Waals surface area (Å²) in [5.74, 6) is -1.42. The molecule has 0 saturated carbocycles. The second-order valence-electron chi connectivity index (χ2n) is 3.45. The predicted molar refractivity (Wildman–Crippen MR) is 56.4 cm³/mol. The van der Waals surface area contributed by atoms with Gasteiger partial charge in [0.2, 0.25) is 5.88 Å². The number of carboxylic acid groups (broad SMARTS) is 1. The van der Waals surface area contributed by atoms with Gasteiger partial charge in [0.15, 0.2) is 0 Å². The molecule has 0 atom stereocenters. The number of pyridine rings is 1. The molecule has 0 radical (unpaired) electrons. The van der Waals surface area contributed by atoms with E-state index in [2.05, 4.69) is 4.98 Å². The number of hydrogen-bond donors (Lipinski definition) is 2. The van der Waals surface area contributed by atoms with E-state index in [1.165, 1.54) is 12.3 Å². The van der Waals surface area contributed by atoms with E-state index in [4.69, 9.17) is 15.6 Å². The minimum Gasteiger partial charge on any atom is -0.478 e. The lowest BCUT2D eigenvalue weighted by Gasteiger charge is -2.10. The number of carboxylic acids is 1. The van der Waals surface area contributed by atoms with Crippen LogP contribution in [-0.2, 0) is 0 Å². The van der Waals surface area contributed by atoms with Crippen LogP contribution in [0.4, 0.5) is 18.9 Å². The average molecular weight is 264 g/mol. The van der Waals surface area contributed by atoms with Gasteiger partial charge in [0, 0.05) is 12.6 Å². The maximum atomic E-state index is 11.9. The Bertz CT molecular complexity index is 435. The highest BCUT2D eigenvalue weighted by Crippen LogP contribution is 2.24. The standard InChI is InChI=1S/C10H11F3N2O3/c11-10(12,13)3-1-5-18-8-7(14)6(9(16)17)2-4-15-8/h2,4H,1,3,5,14H2,(H,16,17). The van der Waals surface area contributed by atoms with Gasteiger partial charge in [-0.25, -0.2) is 9.78 Å².